The molecule has 0 amide bonds. The quantitative estimate of drug-likeness (QED) is 0.564. The van der Waals surface area contributed by atoms with Crippen molar-refractivity contribution in [3.8, 4) is 5.75 Å². The summed E-state index contributed by atoms with van der Waals surface area (Å²) in [6.07, 6.45) is 0.665. The molecular weight excluding hydrogens is 328 g/mol. The van der Waals surface area contributed by atoms with Crippen LogP contribution in [0.3, 0.4) is 0 Å². The molecule has 0 aliphatic heterocycles. The second-order valence-electron chi connectivity index (χ2n) is 6.20. The third-order valence-corrected chi connectivity index (χ3v) is 4.28. The molecule has 0 saturated heterocycles. The van der Waals surface area contributed by atoms with Crippen LogP contribution in [0.25, 0.3) is 21.7 Å². The average molecular weight is 346 g/mol. The van der Waals surface area contributed by atoms with Gasteiger partial charge in [0.25, 0.3) is 5.56 Å². The number of rotatable bonds is 5. The van der Waals surface area contributed by atoms with Gasteiger partial charge in [-0.1, -0.05) is 42.5 Å². The topological polar surface area (TPSA) is 64.4 Å². The Balaban J connectivity index is 1.57. The molecule has 1 heterocycles. The number of nitrogens with zero attached hydrogens (tertiary/aromatic N) is 2. The highest BCUT2D eigenvalue weighted by atomic mass is 16.5. The predicted molar refractivity (Wildman–Crippen MR) is 101 cm³/mol. The van der Waals surface area contributed by atoms with Crippen molar-refractivity contribution in [2.45, 2.75) is 12.6 Å². The van der Waals surface area contributed by atoms with Crippen LogP contribution in [-0.4, -0.2) is 27.4 Å². The maximum absolute atomic E-state index is 12.8. The fourth-order valence-electron chi connectivity index (χ4n) is 2.96. The number of para-hydroxylation sites is 1. The van der Waals surface area contributed by atoms with E-state index in [0.29, 0.717) is 16.7 Å². The van der Waals surface area contributed by atoms with Crippen LogP contribution in [0.5, 0.6) is 5.75 Å². The monoisotopic (exact) mass is 346 g/mol. The number of benzene rings is 3. The minimum atomic E-state index is -0.812. The lowest BCUT2D eigenvalue weighted by atomic mass is 10.1. The first-order chi connectivity index (χ1) is 12.7. The highest BCUT2D eigenvalue weighted by Gasteiger charge is 2.11. The molecule has 1 atom stereocenters. The van der Waals surface area contributed by atoms with Gasteiger partial charge in [-0.2, -0.15) is 0 Å². The number of ether oxygens (including phenoxy) is 1. The van der Waals surface area contributed by atoms with Crippen LogP contribution >= 0.6 is 0 Å². The molecular formula is C21H18N2O3. The number of aliphatic hydroxyl groups is 1. The lowest BCUT2D eigenvalue weighted by Crippen LogP contribution is -2.30. The van der Waals surface area contributed by atoms with Crippen LogP contribution in [0.1, 0.15) is 0 Å². The summed E-state index contributed by atoms with van der Waals surface area (Å²) in [5.74, 6) is 0.682. The molecule has 4 rings (SSSR count). The molecule has 26 heavy (non-hydrogen) atoms. The molecule has 4 aromatic rings. The Morgan fingerprint density at radius 1 is 1.00 bits per heavy atom. The van der Waals surface area contributed by atoms with E-state index in [1.807, 2.05) is 66.7 Å². The third-order valence-electron chi connectivity index (χ3n) is 4.28. The molecule has 0 radical (unpaired) electrons. The lowest BCUT2D eigenvalue weighted by Gasteiger charge is -2.14. The first-order valence-corrected chi connectivity index (χ1v) is 8.44. The van der Waals surface area contributed by atoms with Gasteiger partial charge in [0, 0.05) is 0 Å². The molecule has 1 N–H and O–H groups in total. The SMILES string of the molecule is O=c1c2cc3ccccc3cc2ncn1CC(O)COc1ccccc1. The molecule has 0 aliphatic rings. The number of hydrogen-bond donors (Lipinski definition) is 1. The first kappa shape index (κ1) is 16.3. The van der Waals surface area contributed by atoms with Crippen molar-refractivity contribution in [1.82, 2.24) is 9.55 Å². The Bertz CT molecular complexity index is 1110. The van der Waals surface area contributed by atoms with E-state index < -0.39 is 6.10 Å². The largest absolute Gasteiger partial charge is 0.491 e. The van der Waals surface area contributed by atoms with E-state index in [0.717, 1.165) is 10.8 Å². The summed E-state index contributed by atoms with van der Waals surface area (Å²) in [4.78, 5) is 17.1. The Labute approximate surface area is 150 Å². The predicted octanol–water partition coefficient (Wildman–Crippen LogP) is 2.99. The Morgan fingerprint density at radius 2 is 1.69 bits per heavy atom. The second-order valence-corrected chi connectivity index (χ2v) is 6.20. The number of aromatic nitrogens is 2. The molecule has 0 bridgehead atoms. The molecule has 0 aliphatic carbocycles. The first-order valence-electron chi connectivity index (χ1n) is 8.44. The fraction of sp³-hybridized carbons (Fsp3) is 0.143. The number of hydrogen-bond acceptors (Lipinski definition) is 4. The highest BCUT2D eigenvalue weighted by molar-refractivity contribution is 5.95. The van der Waals surface area contributed by atoms with Gasteiger partial charge in [0.05, 0.1) is 23.8 Å². The average Bonchev–Trinajstić information content (AvgIpc) is 2.68. The van der Waals surface area contributed by atoms with E-state index in [2.05, 4.69) is 4.98 Å². The molecule has 1 aromatic heterocycles. The molecule has 5 heteroatoms. The maximum atomic E-state index is 12.8. The normalized spacial score (nSPS) is 12.3. The zero-order valence-electron chi connectivity index (χ0n) is 14.1. The smallest absolute Gasteiger partial charge is 0.261 e. The molecule has 1 unspecified atom stereocenters. The molecule has 130 valence electrons. The molecule has 0 spiro atoms. The van der Waals surface area contributed by atoms with E-state index in [9.17, 15) is 9.90 Å². The summed E-state index contributed by atoms with van der Waals surface area (Å²) < 4.78 is 6.97. The van der Waals surface area contributed by atoms with E-state index in [-0.39, 0.29) is 18.7 Å². The van der Waals surface area contributed by atoms with Crippen LogP contribution in [0.4, 0.5) is 0 Å². The van der Waals surface area contributed by atoms with Crippen molar-refractivity contribution in [2.24, 2.45) is 0 Å². The van der Waals surface area contributed by atoms with Gasteiger partial charge in [-0.05, 0) is 35.0 Å². The van der Waals surface area contributed by atoms with Crippen molar-refractivity contribution in [2.75, 3.05) is 6.61 Å². The summed E-state index contributed by atoms with van der Waals surface area (Å²) in [6.45, 7) is 0.230. The standard InChI is InChI=1S/C21H18N2O3/c24-17(13-26-18-8-2-1-3-9-18)12-23-14-22-20-11-16-7-5-4-6-15(16)10-19(20)21(23)25/h1-11,14,17,24H,12-13H2. The Hall–Kier alpha value is -3.18. The Morgan fingerprint density at radius 3 is 2.46 bits per heavy atom. The van der Waals surface area contributed by atoms with Gasteiger partial charge in [-0.25, -0.2) is 4.98 Å². The minimum absolute atomic E-state index is 0.103. The zero-order valence-corrected chi connectivity index (χ0v) is 14.1. The maximum Gasteiger partial charge on any atom is 0.261 e. The van der Waals surface area contributed by atoms with Gasteiger partial charge in [0.1, 0.15) is 18.5 Å². The van der Waals surface area contributed by atoms with Crippen LogP contribution < -0.4 is 10.3 Å². The number of aliphatic hydroxyl groups excluding tert-OH is 1. The third kappa shape index (κ3) is 3.30. The molecule has 0 saturated carbocycles. The van der Waals surface area contributed by atoms with E-state index in [1.54, 1.807) is 0 Å². The van der Waals surface area contributed by atoms with Crippen LogP contribution in [-0.2, 0) is 6.54 Å². The van der Waals surface area contributed by atoms with Crippen molar-refractivity contribution in [3.05, 3.63) is 83.4 Å². The van der Waals surface area contributed by atoms with Gasteiger partial charge < -0.3 is 9.84 Å². The zero-order chi connectivity index (χ0) is 17.9. The molecule has 5 nitrogen and oxygen atoms in total. The van der Waals surface area contributed by atoms with Crippen molar-refractivity contribution < 1.29 is 9.84 Å². The van der Waals surface area contributed by atoms with Crippen LogP contribution in [0.2, 0.25) is 0 Å². The minimum Gasteiger partial charge on any atom is -0.491 e. The molecule has 0 fully saturated rings. The van der Waals surface area contributed by atoms with E-state index in [1.165, 1.54) is 10.9 Å². The summed E-state index contributed by atoms with van der Waals surface area (Å²) in [5, 5.41) is 12.8. The van der Waals surface area contributed by atoms with Gasteiger partial charge in [0.15, 0.2) is 0 Å². The second kappa shape index (κ2) is 6.98. The van der Waals surface area contributed by atoms with Crippen molar-refractivity contribution >= 4 is 21.7 Å². The van der Waals surface area contributed by atoms with Crippen LogP contribution in [0.15, 0.2) is 77.9 Å². The van der Waals surface area contributed by atoms with Gasteiger partial charge in [-0.3, -0.25) is 9.36 Å². The van der Waals surface area contributed by atoms with Crippen LogP contribution in [0, 0.1) is 0 Å². The summed E-state index contributed by atoms with van der Waals surface area (Å²) >= 11 is 0. The lowest BCUT2D eigenvalue weighted by molar-refractivity contribution is 0.0915. The van der Waals surface area contributed by atoms with E-state index >= 15 is 0 Å². The van der Waals surface area contributed by atoms with E-state index in [4.69, 9.17) is 4.74 Å². The summed E-state index contributed by atoms with van der Waals surface area (Å²) in [5.41, 5.74) is 0.486. The van der Waals surface area contributed by atoms with Gasteiger partial charge >= 0.3 is 0 Å². The summed E-state index contributed by atoms with van der Waals surface area (Å²) in [6, 6.07) is 20.9. The summed E-state index contributed by atoms with van der Waals surface area (Å²) in [7, 11) is 0. The van der Waals surface area contributed by atoms with Crippen molar-refractivity contribution in [1.29, 1.82) is 0 Å². The highest BCUT2D eigenvalue weighted by Crippen LogP contribution is 2.19. The van der Waals surface area contributed by atoms with Gasteiger partial charge in [-0.15, -0.1) is 0 Å². The van der Waals surface area contributed by atoms with Gasteiger partial charge in [0.2, 0.25) is 0 Å². The van der Waals surface area contributed by atoms with Crippen molar-refractivity contribution in [3.63, 3.8) is 0 Å². The fourth-order valence-corrected chi connectivity index (χ4v) is 2.96. The number of fused-ring (bicyclic) bond motifs is 2. The molecule has 3 aromatic carbocycles. The Kier molecular flexibility index (Phi) is 4.37.